The third-order valence-electron chi connectivity index (χ3n) is 27.7. The summed E-state index contributed by atoms with van der Waals surface area (Å²) in [5, 5.41) is 8.84. The van der Waals surface area contributed by atoms with E-state index in [1.807, 2.05) is 0 Å². The standard InChI is InChI=1S/2C45H54Cl2Si3.2ClH.Hf/c2*1-12-30-24-38-34(32-22-28(3)44(40(46)26-32)49(6,7)8)18-14-16-20-36(38)42(30)48(5)43-31(13-2)25-39-35(19-15-17-21-37(39)43)33-23-29(4)45(41(47)27-33)50(9,10)11;;;/h2*14-27,34-35,48H,12-13H2,1-11H3;2*1H;/q;;;;+2/p-2. The Morgan fingerprint density at radius 3 is 0.689 bits per heavy atom. The van der Waals surface area contributed by atoms with Crippen molar-refractivity contribution in [3.63, 3.8) is 0 Å². The van der Waals surface area contributed by atoms with Crippen molar-refractivity contribution >= 4 is 134 Å². The van der Waals surface area contributed by atoms with Gasteiger partial charge in [-0.05, 0) is 0 Å². The summed E-state index contributed by atoms with van der Waals surface area (Å²) in [6, 6.07) is 19.3. The number of fused-ring (bicyclic) bond motifs is 8. The zero-order valence-corrected chi connectivity index (χ0v) is 79.7. The van der Waals surface area contributed by atoms with Crippen LogP contribution >= 0.6 is 63.6 Å². The molecule has 13 heteroatoms. The number of hydrogen-bond donors (Lipinski definition) is 0. The van der Waals surface area contributed by atoms with Gasteiger partial charge in [-0.2, -0.15) is 0 Å². The van der Waals surface area contributed by atoms with Gasteiger partial charge in [-0.1, -0.05) is 0 Å². The summed E-state index contributed by atoms with van der Waals surface area (Å²) in [7, 11) is 11.0. The fourth-order valence-electron chi connectivity index (χ4n) is 26.1. The molecule has 0 radical (unpaired) electrons. The molecule has 0 aromatic heterocycles. The zero-order chi connectivity index (χ0) is 74.7. The number of hydrogen-bond acceptors (Lipinski definition) is 0. The summed E-state index contributed by atoms with van der Waals surface area (Å²) in [6.07, 6.45) is 53.4. The quantitative estimate of drug-likeness (QED) is 0.124. The Kier molecular flexibility index (Phi) is 18.6. The number of rotatable bonds is 12. The minimum atomic E-state index is -8.16. The molecule has 14 rings (SSSR count). The molecule has 5 spiro atoms. The molecule has 0 nitrogen and oxygen atoms in total. The van der Waals surface area contributed by atoms with Crippen LogP contribution in [0.3, 0.4) is 0 Å². The van der Waals surface area contributed by atoms with E-state index in [0.29, 0.717) is 0 Å². The van der Waals surface area contributed by atoms with Crippen LogP contribution in [0.5, 0.6) is 0 Å². The fraction of sp³-hybridized carbons (Fsp3) is 0.378. The fourth-order valence-corrected chi connectivity index (χ4v) is 209. The van der Waals surface area contributed by atoms with Crippen molar-refractivity contribution in [1.82, 2.24) is 0 Å². The summed E-state index contributed by atoms with van der Waals surface area (Å²) in [4.78, 5) is 0. The van der Waals surface area contributed by atoms with Crippen LogP contribution in [0.25, 0.3) is 0 Å². The minimum absolute atomic E-state index is 0.129. The van der Waals surface area contributed by atoms with E-state index in [-0.39, 0.29) is 23.7 Å². The molecule has 4 aromatic rings. The Bertz CT molecular complexity index is 4310. The van der Waals surface area contributed by atoms with Gasteiger partial charge in [0.2, 0.25) is 0 Å². The first kappa shape index (κ1) is 76.4. The summed E-state index contributed by atoms with van der Waals surface area (Å²) in [5.74, 6) is -0.518. The van der Waals surface area contributed by atoms with Crippen molar-refractivity contribution in [3.05, 3.63) is 302 Å². The van der Waals surface area contributed by atoms with Gasteiger partial charge in [0.25, 0.3) is 0 Å². The van der Waals surface area contributed by atoms with Crippen LogP contribution in [-0.2, 0) is 14.7 Å². The number of halogens is 6. The molecule has 0 saturated carbocycles. The molecule has 0 bridgehead atoms. The van der Waals surface area contributed by atoms with Crippen LogP contribution in [0.15, 0.2) is 237 Å². The van der Waals surface area contributed by atoms with E-state index in [1.54, 1.807) is 0 Å². The second-order valence-electron chi connectivity index (χ2n) is 36.5. The molecule has 2 fully saturated rings. The van der Waals surface area contributed by atoms with E-state index in [0.717, 1.165) is 45.8 Å². The molecule has 0 N–H and O–H groups in total. The van der Waals surface area contributed by atoms with Crippen LogP contribution in [0, 0.1) is 27.7 Å². The second-order valence-corrected chi connectivity index (χ2v) is 112. The van der Waals surface area contributed by atoms with Gasteiger partial charge in [0, 0.05) is 0 Å². The molecule has 0 amide bonds. The molecule has 538 valence electrons. The van der Waals surface area contributed by atoms with Crippen molar-refractivity contribution < 1.29 is 14.7 Å². The Morgan fingerprint density at radius 1 is 0.330 bits per heavy atom. The predicted octanol–water partition coefficient (Wildman–Crippen LogP) is 26.3. The van der Waals surface area contributed by atoms with Crippen molar-refractivity contribution in [2.24, 2.45) is 0 Å². The van der Waals surface area contributed by atoms with Gasteiger partial charge in [-0.15, -0.1) is 0 Å². The van der Waals surface area contributed by atoms with E-state index in [4.69, 9.17) is 46.4 Å². The molecule has 8 atom stereocenters. The van der Waals surface area contributed by atoms with Gasteiger partial charge in [-0.3, -0.25) is 0 Å². The van der Waals surface area contributed by atoms with E-state index in [9.17, 15) is 17.2 Å². The molecule has 2 aliphatic heterocycles. The Labute approximate surface area is 651 Å². The number of aryl methyl sites for hydroxylation is 4. The van der Waals surface area contributed by atoms with Gasteiger partial charge in [0.1, 0.15) is 0 Å². The molecule has 8 aliphatic carbocycles. The number of benzene rings is 4. The summed E-state index contributed by atoms with van der Waals surface area (Å²) in [6.45, 7) is 53.8. The third kappa shape index (κ3) is 9.19. The summed E-state index contributed by atoms with van der Waals surface area (Å²) < 4.78 is -3.13. The van der Waals surface area contributed by atoms with Crippen molar-refractivity contribution in [1.29, 1.82) is 0 Å². The van der Waals surface area contributed by atoms with Gasteiger partial charge < -0.3 is 0 Å². The van der Waals surface area contributed by atoms with Gasteiger partial charge >= 0.3 is 658 Å². The molecular formula is C90H108Cl6HfSi6. The van der Waals surface area contributed by atoms with E-state index >= 15 is 0 Å². The van der Waals surface area contributed by atoms with Crippen LogP contribution in [0.4, 0.5) is 0 Å². The summed E-state index contributed by atoms with van der Waals surface area (Å²) in [5.41, 5.74) is 26.6. The molecule has 2 saturated heterocycles. The molecule has 10 aliphatic rings. The van der Waals surface area contributed by atoms with Crippen LogP contribution in [-0.4, -0.2) is 49.9 Å². The molecule has 8 unspecified atom stereocenters. The van der Waals surface area contributed by atoms with Crippen molar-refractivity contribution in [2.75, 3.05) is 0 Å². The zero-order valence-electron chi connectivity index (χ0n) is 65.2. The topological polar surface area (TPSA) is 0 Å². The van der Waals surface area contributed by atoms with Crippen LogP contribution < -0.4 is 20.7 Å². The van der Waals surface area contributed by atoms with E-state index in [2.05, 4.69) is 317 Å². The van der Waals surface area contributed by atoms with Crippen molar-refractivity contribution in [3.8, 4) is 0 Å². The SMILES string of the molecule is CCC1=CC2=C(C=CC=CC2c2cc(C)c([Si](C)(C)C)c(Cl)c2)[C]12[SiH](C)[C]1(C(CC)=CC3=C1C=CC=CC3c1cc(C)c([Si](C)(C)C)c(Cl)c1)[Hf]21([Cl])([Cl])[C]2(C(CC)=CC3=C2C=CC=CC3c2cc(C)c([Si](C)(C)C)c(Cl)c2)[SiH](C)[C]12C(CC)=CC1=C2C=CC=CC1c1cc(C)c([Si](C)(C)C)c(Cl)c1. The normalized spacial score (nSPS) is 30.4. The van der Waals surface area contributed by atoms with Crippen LogP contribution in [0.2, 0.25) is 123 Å². The monoisotopic (exact) mass is 1750 g/mol. The molecular weight excluding hydrogens is 1640 g/mol. The van der Waals surface area contributed by atoms with E-state index < -0.39 is 75.7 Å². The molecule has 2 heterocycles. The molecule has 4 aromatic carbocycles. The first-order valence-corrected chi connectivity index (χ1v) is 74.6. The number of allylic oxidation sites excluding steroid dienone is 32. The maximum atomic E-state index is 11.9. The first-order valence-electron chi connectivity index (χ1n) is 38.4. The van der Waals surface area contributed by atoms with Gasteiger partial charge in [0.15, 0.2) is 0 Å². The van der Waals surface area contributed by atoms with Gasteiger partial charge in [0.05, 0.1) is 0 Å². The summed E-state index contributed by atoms with van der Waals surface area (Å²) >= 11 is 22.9. The third-order valence-corrected chi connectivity index (χ3v) is 154. The Balaban J connectivity index is 1.22. The van der Waals surface area contributed by atoms with Crippen molar-refractivity contribution in [2.45, 2.75) is 208 Å². The van der Waals surface area contributed by atoms with Gasteiger partial charge in [-0.25, -0.2) is 0 Å². The van der Waals surface area contributed by atoms with E-state index in [1.165, 1.54) is 132 Å². The first-order chi connectivity index (χ1) is 48.2. The Hall–Kier alpha value is -3.37. The average molecular weight is 1750 g/mol. The van der Waals surface area contributed by atoms with Crippen LogP contribution in [0.1, 0.15) is 122 Å². The predicted molar refractivity (Wildman–Crippen MR) is 471 cm³/mol. The second kappa shape index (κ2) is 25.1. The molecule has 103 heavy (non-hydrogen) atoms. The Morgan fingerprint density at radius 2 is 0.524 bits per heavy atom. The average Bonchev–Trinajstić information content (AvgIpc) is 1.52. The maximum absolute atomic E-state index is 11.9.